The largest absolute Gasteiger partial charge is 0.327 e. The lowest BCUT2D eigenvalue weighted by Crippen LogP contribution is -1.92. The maximum atomic E-state index is 12.3. The molecular formula is C10H10BrF2N. The van der Waals surface area contributed by atoms with E-state index in [1.165, 1.54) is 6.07 Å². The zero-order valence-electron chi connectivity index (χ0n) is 7.38. The average molecular weight is 262 g/mol. The number of benzene rings is 1. The molecule has 1 rings (SSSR count). The van der Waals surface area contributed by atoms with Gasteiger partial charge in [-0.2, -0.15) is 0 Å². The summed E-state index contributed by atoms with van der Waals surface area (Å²) in [7, 11) is 0. The van der Waals surface area contributed by atoms with E-state index in [1.54, 1.807) is 24.3 Å². The van der Waals surface area contributed by atoms with E-state index in [1.807, 2.05) is 0 Å². The van der Waals surface area contributed by atoms with Crippen molar-refractivity contribution in [3.63, 3.8) is 0 Å². The van der Waals surface area contributed by atoms with Gasteiger partial charge in [0.1, 0.15) is 0 Å². The van der Waals surface area contributed by atoms with Gasteiger partial charge in [0, 0.05) is 16.6 Å². The minimum atomic E-state index is -2.45. The van der Waals surface area contributed by atoms with Crippen LogP contribution in [0.25, 0.3) is 6.08 Å². The van der Waals surface area contributed by atoms with E-state index in [2.05, 4.69) is 15.9 Å². The summed E-state index contributed by atoms with van der Waals surface area (Å²) in [6, 6.07) is 4.69. The van der Waals surface area contributed by atoms with Crippen LogP contribution in [0, 0.1) is 0 Å². The molecule has 76 valence electrons. The topological polar surface area (TPSA) is 26.0 Å². The molecule has 0 radical (unpaired) electrons. The highest BCUT2D eigenvalue weighted by Crippen LogP contribution is 2.28. The molecule has 0 aliphatic carbocycles. The predicted octanol–water partition coefficient (Wildman–Crippen LogP) is 3.36. The van der Waals surface area contributed by atoms with Crippen molar-refractivity contribution in [3.05, 3.63) is 39.9 Å². The van der Waals surface area contributed by atoms with E-state index >= 15 is 0 Å². The van der Waals surface area contributed by atoms with Gasteiger partial charge in [0.05, 0.1) is 0 Å². The third-order valence-electron chi connectivity index (χ3n) is 1.71. The molecule has 2 N–H and O–H groups in total. The van der Waals surface area contributed by atoms with Crippen LogP contribution in [0.1, 0.15) is 17.6 Å². The standard InChI is InChI=1S/C10H10BrF2N/c11-9-6-7(2-1-5-14)3-4-8(9)10(12)13/h1-4,6,10H,5,14H2/b2-1+. The van der Waals surface area contributed by atoms with Crippen molar-refractivity contribution >= 4 is 22.0 Å². The van der Waals surface area contributed by atoms with Crippen molar-refractivity contribution in [2.75, 3.05) is 6.54 Å². The summed E-state index contributed by atoms with van der Waals surface area (Å²) in [6.45, 7) is 0.439. The number of nitrogens with two attached hydrogens (primary N) is 1. The fourth-order valence-electron chi connectivity index (χ4n) is 1.03. The first kappa shape index (κ1) is 11.3. The van der Waals surface area contributed by atoms with Gasteiger partial charge >= 0.3 is 0 Å². The minimum absolute atomic E-state index is 0.00917. The monoisotopic (exact) mass is 261 g/mol. The van der Waals surface area contributed by atoms with Crippen molar-refractivity contribution in [1.29, 1.82) is 0 Å². The lowest BCUT2D eigenvalue weighted by molar-refractivity contribution is 0.150. The van der Waals surface area contributed by atoms with Crippen molar-refractivity contribution in [2.45, 2.75) is 6.43 Å². The van der Waals surface area contributed by atoms with Gasteiger partial charge in [-0.1, -0.05) is 40.2 Å². The Balaban J connectivity index is 2.94. The van der Waals surface area contributed by atoms with Crippen LogP contribution in [0.15, 0.2) is 28.7 Å². The molecule has 4 heteroatoms. The second-order valence-corrected chi connectivity index (χ2v) is 3.57. The highest BCUT2D eigenvalue weighted by atomic mass is 79.9. The second-order valence-electron chi connectivity index (χ2n) is 2.72. The van der Waals surface area contributed by atoms with Gasteiger partial charge in [-0.05, 0) is 11.6 Å². The summed E-state index contributed by atoms with van der Waals surface area (Å²) < 4.78 is 25.1. The normalized spacial score (nSPS) is 11.5. The van der Waals surface area contributed by atoms with Gasteiger partial charge in [-0.25, -0.2) is 8.78 Å². The van der Waals surface area contributed by atoms with Crippen LogP contribution in [0.4, 0.5) is 8.78 Å². The van der Waals surface area contributed by atoms with E-state index in [0.29, 0.717) is 11.0 Å². The van der Waals surface area contributed by atoms with E-state index in [4.69, 9.17) is 5.73 Å². The van der Waals surface area contributed by atoms with Crippen molar-refractivity contribution in [1.82, 2.24) is 0 Å². The van der Waals surface area contributed by atoms with E-state index in [-0.39, 0.29) is 5.56 Å². The predicted molar refractivity (Wildman–Crippen MR) is 57.2 cm³/mol. The van der Waals surface area contributed by atoms with Crippen molar-refractivity contribution in [3.8, 4) is 0 Å². The molecule has 0 atom stereocenters. The van der Waals surface area contributed by atoms with Crippen LogP contribution in [-0.4, -0.2) is 6.54 Å². The third-order valence-corrected chi connectivity index (χ3v) is 2.39. The molecule has 0 aliphatic heterocycles. The summed E-state index contributed by atoms with van der Waals surface area (Å²) in [6.07, 6.45) is 1.11. The number of hydrogen-bond donors (Lipinski definition) is 1. The Labute approximate surface area is 89.7 Å². The molecule has 0 spiro atoms. The Morgan fingerprint density at radius 2 is 2.14 bits per heavy atom. The maximum absolute atomic E-state index is 12.3. The molecule has 0 bridgehead atoms. The molecule has 0 fully saturated rings. The average Bonchev–Trinajstić information content (AvgIpc) is 2.14. The van der Waals surface area contributed by atoms with Crippen LogP contribution >= 0.6 is 15.9 Å². The van der Waals surface area contributed by atoms with Gasteiger partial charge in [-0.15, -0.1) is 0 Å². The van der Waals surface area contributed by atoms with Crippen LogP contribution in [0.3, 0.4) is 0 Å². The fourth-order valence-corrected chi connectivity index (χ4v) is 1.60. The molecule has 14 heavy (non-hydrogen) atoms. The second kappa shape index (κ2) is 5.22. The molecule has 0 unspecified atom stereocenters. The molecular weight excluding hydrogens is 252 g/mol. The molecule has 0 aromatic heterocycles. The van der Waals surface area contributed by atoms with Gasteiger partial charge in [0.2, 0.25) is 0 Å². The maximum Gasteiger partial charge on any atom is 0.264 e. The molecule has 0 saturated heterocycles. The SMILES string of the molecule is NC/C=C/c1ccc(C(F)F)c(Br)c1. The first-order valence-electron chi connectivity index (χ1n) is 4.09. The molecule has 0 heterocycles. The minimum Gasteiger partial charge on any atom is -0.327 e. The Hall–Kier alpha value is -0.740. The zero-order valence-corrected chi connectivity index (χ0v) is 8.97. The molecule has 0 saturated carbocycles. The summed E-state index contributed by atoms with van der Waals surface area (Å²) in [5.41, 5.74) is 6.14. The van der Waals surface area contributed by atoms with E-state index < -0.39 is 6.43 Å². The lowest BCUT2D eigenvalue weighted by atomic mass is 10.1. The lowest BCUT2D eigenvalue weighted by Gasteiger charge is -2.03. The summed E-state index contributed by atoms with van der Waals surface area (Å²) in [4.78, 5) is 0. The summed E-state index contributed by atoms with van der Waals surface area (Å²) in [5.74, 6) is 0. The van der Waals surface area contributed by atoms with Gasteiger partial charge in [0.15, 0.2) is 0 Å². The number of rotatable bonds is 3. The summed E-state index contributed by atoms with van der Waals surface area (Å²) in [5, 5.41) is 0. The zero-order chi connectivity index (χ0) is 10.6. The van der Waals surface area contributed by atoms with E-state index in [0.717, 1.165) is 5.56 Å². The van der Waals surface area contributed by atoms with Crippen LogP contribution in [0.2, 0.25) is 0 Å². The first-order valence-corrected chi connectivity index (χ1v) is 4.88. The summed E-state index contributed by atoms with van der Waals surface area (Å²) >= 11 is 3.09. The number of alkyl halides is 2. The van der Waals surface area contributed by atoms with Crippen LogP contribution in [-0.2, 0) is 0 Å². The van der Waals surface area contributed by atoms with Crippen molar-refractivity contribution < 1.29 is 8.78 Å². The Morgan fingerprint density at radius 1 is 1.43 bits per heavy atom. The highest BCUT2D eigenvalue weighted by Gasteiger charge is 2.10. The van der Waals surface area contributed by atoms with Crippen molar-refractivity contribution in [2.24, 2.45) is 5.73 Å². The fraction of sp³-hybridized carbons (Fsp3) is 0.200. The Morgan fingerprint density at radius 3 is 2.64 bits per heavy atom. The number of halogens is 3. The van der Waals surface area contributed by atoms with Gasteiger partial charge < -0.3 is 5.73 Å². The molecule has 0 amide bonds. The van der Waals surface area contributed by atoms with Crippen LogP contribution < -0.4 is 5.73 Å². The quantitative estimate of drug-likeness (QED) is 0.888. The van der Waals surface area contributed by atoms with Gasteiger partial charge in [0.25, 0.3) is 6.43 Å². The Bertz CT molecular complexity index is 337. The third kappa shape index (κ3) is 2.89. The number of hydrogen-bond acceptors (Lipinski definition) is 1. The highest BCUT2D eigenvalue weighted by molar-refractivity contribution is 9.10. The van der Waals surface area contributed by atoms with E-state index in [9.17, 15) is 8.78 Å². The smallest absolute Gasteiger partial charge is 0.264 e. The molecule has 1 aromatic rings. The Kier molecular flexibility index (Phi) is 4.22. The first-order chi connectivity index (χ1) is 6.65. The molecule has 1 aromatic carbocycles. The van der Waals surface area contributed by atoms with Crippen LogP contribution in [0.5, 0.6) is 0 Å². The molecule has 1 nitrogen and oxygen atoms in total. The van der Waals surface area contributed by atoms with Gasteiger partial charge in [-0.3, -0.25) is 0 Å². The molecule has 0 aliphatic rings.